The number of ether oxygens (including phenoxy) is 3. The van der Waals surface area contributed by atoms with Crippen LogP contribution in [-0.4, -0.2) is 69.4 Å². The van der Waals surface area contributed by atoms with Crippen LogP contribution in [0.1, 0.15) is 24.0 Å². The predicted octanol–water partition coefficient (Wildman–Crippen LogP) is 1.45. The summed E-state index contributed by atoms with van der Waals surface area (Å²) in [7, 11) is 1.59. The van der Waals surface area contributed by atoms with E-state index in [0.717, 1.165) is 29.7 Å². The molecule has 0 atom stereocenters. The third-order valence-corrected chi connectivity index (χ3v) is 4.56. The maximum absolute atomic E-state index is 12.1. The van der Waals surface area contributed by atoms with E-state index >= 15 is 0 Å². The number of amides is 2. The molecule has 0 saturated carbocycles. The molecule has 1 aliphatic heterocycles. The SMILES string of the molecule is COCCOCC(=O)N1CCC(NC(=O)COc2ccc(C)cc2C)CC1. The minimum absolute atomic E-state index is 0.00359. The summed E-state index contributed by atoms with van der Waals surface area (Å²) in [6.45, 7) is 6.18. The number of carbonyl (C=O) groups is 2. The Balaban J connectivity index is 1.66. The summed E-state index contributed by atoms with van der Waals surface area (Å²) in [6, 6.07) is 5.94. The molecule has 1 aromatic rings. The quantitative estimate of drug-likeness (QED) is 0.658. The fourth-order valence-corrected chi connectivity index (χ4v) is 3.04. The summed E-state index contributed by atoms with van der Waals surface area (Å²) in [6.07, 6.45) is 1.47. The number of likely N-dealkylation sites (tertiary alicyclic amines) is 1. The number of piperidine rings is 1. The molecule has 0 radical (unpaired) electrons. The van der Waals surface area contributed by atoms with E-state index in [0.29, 0.717) is 26.3 Å². The Bertz CT molecular complexity index is 627. The Morgan fingerprint density at radius 2 is 1.89 bits per heavy atom. The maximum Gasteiger partial charge on any atom is 0.258 e. The molecule has 7 heteroatoms. The number of aryl methyl sites for hydroxylation is 2. The van der Waals surface area contributed by atoms with Crippen molar-refractivity contribution in [2.45, 2.75) is 32.7 Å². The number of benzene rings is 1. The Morgan fingerprint density at radius 3 is 2.56 bits per heavy atom. The molecule has 27 heavy (non-hydrogen) atoms. The molecule has 1 N–H and O–H groups in total. The zero-order chi connectivity index (χ0) is 19.6. The van der Waals surface area contributed by atoms with E-state index < -0.39 is 0 Å². The van der Waals surface area contributed by atoms with Crippen molar-refractivity contribution in [2.75, 3.05) is 46.6 Å². The lowest BCUT2D eigenvalue weighted by Crippen LogP contribution is -2.48. The van der Waals surface area contributed by atoms with E-state index in [2.05, 4.69) is 5.32 Å². The van der Waals surface area contributed by atoms with Gasteiger partial charge in [-0.15, -0.1) is 0 Å². The largest absolute Gasteiger partial charge is 0.484 e. The van der Waals surface area contributed by atoms with Crippen LogP contribution in [0.2, 0.25) is 0 Å². The lowest BCUT2D eigenvalue weighted by molar-refractivity contribution is -0.137. The highest BCUT2D eigenvalue weighted by Gasteiger charge is 2.23. The molecule has 1 heterocycles. The molecule has 150 valence electrons. The van der Waals surface area contributed by atoms with E-state index in [4.69, 9.17) is 14.2 Å². The van der Waals surface area contributed by atoms with Crippen LogP contribution in [0.5, 0.6) is 5.75 Å². The lowest BCUT2D eigenvalue weighted by atomic mass is 10.1. The number of hydrogen-bond acceptors (Lipinski definition) is 5. The summed E-state index contributed by atoms with van der Waals surface area (Å²) < 4.78 is 15.8. The summed E-state index contributed by atoms with van der Waals surface area (Å²) >= 11 is 0. The van der Waals surface area contributed by atoms with E-state index in [1.165, 1.54) is 0 Å². The van der Waals surface area contributed by atoms with Gasteiger partial charge in [0.25, 0.3) is 5.91 Å². The van der Waals surface area contributed by atoms with Crippen LogP contribution in [0.3, 0.4) is 0 Å². The van der Waals surface area contributed by atoms with Crippen LogP contribution in [0.25, 0.3) is 0 Å². The molecular weight excluding hydrogens is 348 g/mol. The minimum Gasteiger partial charge on any atom is -0.484 e. The van der Waals surface area contributed by atoms with Crippen molar-refractivity contribution in [3.63, 3.8) is 0 Å². The second-order valence-electron chi connectivity index (χ2n) is 6.83. The number of rotatable bonds is 9. The van der Waals surface area contributed by atoms with Gasteiger partial charge >= 0.3 is 0 Å². The zero-order valence-electron chi connectivity index (χ0n) is 16.5. The van der Waals surface area contributed by atoms with Crippen molar-refractivity contribution < 1.29 is 23.8 Å². The molecule has 0 spiro atoms. The van der Waals surface area contributed by atoms with Crippen LogP contribution in [0.4, 0.5) is 0 Å². The second-order valence-corrected chi connectivity index (χ2v) is 6.83. The van der Waals surface area contributed by atoms with Gasteiger partial charge in [-0.2, -0.15) is 0 Å². The van der Waals surface area contributed by atoms with Crippen molar-refractivity contribution in [2.24, 2.45) is 0 Å². The van der Waals surface area contributed by atoms with Gasteiger partial charge in [-0.3, -0.25) is 9.59 Å². The van der Waals surface area contributed by atoms with Crippen LogP contribution < -0.4 is 10.1 Å². The van der Waals surface area contributed by atoms with Gasteiger partial charge in [0.15, 0.2) is 6.61 Å². The molecule has 7 nitrogen and oxygen atoms in total. The average molecular weight is 378 g/mol. The Morgan fingerprint density at radius 1 is 1.15 bits per heavy atom. The zero-order valence-corrected chi connectivity index (χ0v) is 16.5. The molecule has 1 aliphatic rings. The van der Waals surface area contributed by atoms with Crippen LogP contribution in [0, 0.1) is 13.8 Å². The van der Waals surface area contributed by atoms with Gasteiger partial charge in [-0.05, 0) is 38.3 Å². The monoisotopic (exact) mass is 378 g/mol. The molecular formula is C20H30N2O5. The molecule has 0 unspecified atom stereocenters. The Labute approximate surface area is 161 Å². The highest BCUT2D eigenvalue weighted by molar-refractivity contribution is 5.78. The molecule has 0 bridgehead atoms. The summed E-state index contributed by atoms with van der Waals surface area (Å²) in [5.74, 6) is 0.571. The summed E-state index contributed by atoms with van der Waals surface area (Å²) in [5, 5.41) is 2.99. The van der Waals surface area contributed by atoms with Gasteiger partial charge in [0, 0.05) is 26.2 Å². The van der Waals surface area contributed by atoms with Gasteiger partial charge in [-0.1, -0.05) is 17.7 Å². The van der Waals surface area contributed by atoms with Crippen molar-refractivity contribution in [1.29, 1.82) is 0 Å². The van der Waals surface area contributed by atoms with Gasteiger partial charge < -0.3 is 24.4 Å². The third-order valence-electron chi connectivity index (χ3n) is 4.56. The third kappa shape index (κ3) is 7.19. The van der Waals surface area contributed by atoms with Crippen molar-refractivity contribution in [1.82, 2.24) is 10.2 Å². The van der Waals surface area contributed by atoms with E-state index in [9.17, 15) is 9.59 Å². The topological polar surface area (TPSA) is 77.1 Å². The van der Waals surface area contributed by atoms with Crippen LogP contribution in [-0.2, 0) is 19.1 Å². The molecule has 2 amide bonds. The first-order valence-electron chi connectivity index (χ1n) is 9.33. The number of nitrogens with one attached hydrogen (secondary N) is 1. The van der Waals surface area contributed by atoms with Crippen molar-refractivity contribution in [3.8, 4) is 5.75 Å². The highest BCUT2D eigenvalue weighted by Crippen LogP contribution is 2.18. The van der Waals surface area contributed by atoms with Crippen LogP contribution >= 0.6 is 0 Å². The van der Waals surface area contributed by atoms with Gasteiger partial charge in [0.1, 0.15) is 12.4 Å². The molecule has 0 aliphatic carbocycles. The minimum atomic E-state index is -0.136. The second kappa shape index (κ2) is 10.9. The number of carbonyl (C=O) groups excluding carboxylic acids is 2. The van der Waals surface area contributed by atoms with E-state index in [1.54, 1.807) is 12.0 Å². The molecule has 1 fully saturated rings. The summed E-state index contributed by atoms with van der Waals surface area (Å²) in [4.78, 5) is 26.0. The maximum atomic E-state index is 12.1. The number of nitrogens with zero attached hydrogens (tertiary/aromatic N) is 1. The first-order valence-corrected chi connectivity index (χ1v) is 9.33. The Hall–Kier alpha value is -2.12. The molecule has 1 saturated heterocycles. The Kier molecular flexibility index (Phi) is 8.54. The van der Waals surface area contributed by atoms with Gasteiger partial charge in [0.2, 0.25) is 5.91 Å². The smallest absolute Gasteiger partial charge is 0.258 e. The summed E-state index contributed by atoms with van der Waals surface area (Å²) in [5.41, 5.74) is 2.18. The lowest BCUT2D eigenvalue weighted by Gasteiger charge is -2.32. The van der Waals surface area contributed by atoms with E-state index in [1.807, 2.05) is 32.0 Å². The first-order chi connectivity index (χ1) is 13.0. The fraction of sp³-hybridized carbons (Fsp3) is 0.600. The van der Waals surface area contributed by atoms with Gasteiger partial charge in [0.05, 0.1) is 13.2 Å². The van der Waals surface area contributed by atoms with Crippen LogP contribution in [0.15, 0.2) is 18.2 Å². The molecule has 2 rings (SSSR count). The van der Waals surface area contributed by atoms with Gasteiger partial charge in [-0.25, -0.2) is 0 Å². The van der Waals surface area contributed by atoms with Crippen molar-refractivity contribution >= 4 is 11.8 Å². The highest BCUT2D eigenvalue weighted by atomic mass is 16.5. The molecule has 1 aromatic carbocycles. The number of hydrogen-bond donors (Lipinski definition) is 1. The predicted molar refractivity (Wildman–Crippen MR) is 102 cm³/mol. The fourth-order valence-electron chi connectivity index (χ4n) is 3.04. The normalized spacial score (nSPS) is 14.9. The standard InChI is InChI=1S/C20H30N2O5/c1-15-4-5-18(16(2)12-15)27-13-19(23)21-17-6-8-22(9-7-17)20(24)14-26-11-10-25-3/h4-5,12,17H,6-11,13-14H2,1-3H3,(H,21,23). The number of methoxy groups -OCH3 is 1. The average Bonchev–Trinajstić information content (AvgIpc) is 2.65. The van der Waals surface area contributed by atoms with E-state index in [-0.39, 0.29) is 31.1 Å². The first kappa shape index (κ1) is 21.2. The van der Waals surface area contributed by atoms with Crippen molar-refractivity contribution in [3.05, 3.63) is 29.3 Å². The molecule has 0 aromatic heterocycles.